The van der Waals surface area contributed by atoms with Crippen LogP contribution in [-0.4, -0.2) is 18.6 Å². The highest BCUT2D eigenvalue weighted by molar-refractivity contribution is 5.50. The molecule has 2 nitrogen and oxygen atoms in total. The lowest BCUT2D eigenvalue weighted by atomic mass is 10.0. The predicted molar refractivity (Wildman–Crippen MR) is 85.7 cm³/mol. The highest BCUT2D eigenvalue weighted by Crippen LogP contribution is 2.24. The van der Waals surface area contributed by atoms with Gasteiger partial charge in [0, 0.05) is 18.6 Å². The molecular formula is C17H29FN2. The molecule has 0 aromatic heterocycles. The number of anilines is 1. The summed E-state index contributed by atoms with van der Waals surface area (Å²) in [5.41, 5.74) is 7.61. The fourth-order valence-corrected chi connectivity index (χ4v) is 2.34. The summed E-state index contributed by atoms with van der Waals surface area (Å²) < 4.78 is 14.4. The molecule has 114 valence electrons. The average molecular weight is 280 g/mol. The quantitative estimate of drug-likeness (QED) is 0.818. The van der Waals surface area contributed by atoms with E-state index in [0.29, 0.717) is 11.6 Å². The largest absolute Gasteiger partial charge is 0.366 e. The summed E-state index contributed by atoms with van der Waals surface area (Å²) in [5.74, 6) is 0.366. The molecule has 0 heterocycles. The van der Waals surface area contributed by atoms with E-state index < -0.39 is 0 Å². The number of rotatable bonds is 7. The van der Waals surface area contributed by atoms with Crippen molar-refractivity contribution in [1.82, 2.24) is 0 Å². The molecule has 0 saturated carbocycles. The van der Waals surface area contributed by atoms with E-state index in [9.17, 15) is 4.39 Å². The van der Waals surface area contributed by atoms with Crippen LogP contribution in [0.4, 0.5) is 10.1 Å². The van der Waals surface area contributed by atoms with E-state index in [4.69, 9.17) is 5.73 Å². The fraction of sp³-hybridized carbons (Fsp3) is 0.647. The van der Waals surface area contributed by atoms with Crippen LogP contribution >= 0.6 is 0 Å². The number of hydrogen-bond acceptors (Lipinski definition) is 2. The van der Waals surface area contributed by atoms with E-state index in [1.54, 1.807) is 6.07 Å². The Labute approximate surface area is 123 Å². The summed E-state index contributed by atoms with van der Waals surface area (Å²) in [4.78, 5) is 2.13. The van der Waals surface area contributed by atoms with Crippen LogP contribution in [0.15, 0.2) is 18.2 Å². The van der Waals surface area contributed by atoms with Gasteiger partial charge in [0.1, 0.15) is 5.82 Å². The van der Waals surface area contributed by atoms with Gasteiger partial charge < -0.3 is 10.6 Å². The molecule has 2 N–H and O–H groups in total. The van der Waals surface area contributed by atoms with Gasteiger partial charge in [-0.2, -0.15) is 0 Å². The Bertz CT molecular complexity index is 415. The third-order valence-electron chi connectivity index (χ3n) is 3.53. The molecule has 0 aliphatic heterocycles. The third-order valence-corrected chi connectivity index (χ3v) is 3.53. The minimum absolute atomic E-state index is 0.108. The molecule has 0 saturated heterocycles. The molecule has 0 radical (unpaired) electrons. The highest BCUT2D eigenvalue weighted by Gasteiger charge is 2.16. The number of nitrogens with zero attached hydrogens (tertiary/aromatic N) is 1. The van der Waals surface area contributed by atoms with Gasteiger partial charge in [-0.3, -0.25) is 0 Å². The Morgan fingerprint density at radius 2 is 1.85 bits per heavy atom. The monoisotopic (exact) mass is 280 g/mol. The van der Waals surface area contributed by atoms with Crippen molar-refractivity contribution in [3.05, 3.63) is 29.6 Å². The maximum Gasteiger partial charge on any atom is 0.146 e. The van der Waals surface area contributed by atoms with Crippen molar-refractivity contribution in [1.29, 1.82) is 0 Å². The van der Waals surface area contributed by atoms with Gasteiger partial charge in [0.05, 0.1) is 5.69 Å². The molecule has 0 spiro atoms. The average Bonchev–Trinajstić information content (AvgIpc) is 2.36. The lowest BCUT2D eigenvalue weighted by Crippen LogP contribution is -2.34. The van der Waals surface area contributed by atoms with E-state index >= 15 is 0 Å². The standard InChI is InChI=1S/C17H29FN2/c1-6-15(19)9-14-7-8-17(16(18)10-14)20(13(4)5)11-12(2)3/h7-8,10,12-13,15H,6,9,11,19H2,1-5H3. The van der Waals surface area contributed by atoms with Crippen LogP contribution in [-0.2, 0) is 6.42 Å². The maximum absolute atomic E-state index is 14.4. The molecule has 20 heavy (non-hydrogen) atoms. The molecule has 1 atom stereocenters. The Kier molecular flexibility index (Phi) is 6.47. The van der Waals surface area contributed by atoms with Crippen molar-refractivity contribution in [3.8, 4) is 0 Å². The van der Waals surface area contributed by atoms with Gasteiger partial charge in [0.15, 0.2) is 0 Å². The second kappa shape index (κ2) is 7.63. The molecule has 0 aliphatic rings. The van der Waals surface area contributed by atoms with Crippen molar-refractivity contribution < 1.29 is 4.39 Å². The van der Waals surface area contributed by atoms with Crippen molar-refractivity contribution in [2.24, 2.45) is 11.7 Å². The van der Waals surface area contributed by atoms with Gasteiger partial charge in [-0.15, -0.1) is 0 Å². The lowest BCUT2D eigenvalue weighted by molar-refractivity contribution is 0.548. The van der Waals surface area contributed by atoms with Gasteiger partial charge >= 0.3 is 0 Å². The Hall–Kier alpha value is -1.09. The molecule has 1 aromatic rings. The predicted octanol–water partition coefficient (Wildman–Crippen LogP) is 3.98. The first kappa shape index (κ1) is 17.0. The second-order valence-corrected chi connectivity index (χ2v) is 6.30. The minimum atomic E-state index is -0.139. The Morgan fingerprint density at radius 3 is 2.30 bits per heavy atom. The molecular weight excluding hydrogens is 251 g/mol. The first-order valence-electron chi connectivity index (χ1n) is 7.65. The summed E-state index contributed by atoms with van der Waals surface area (Å²) >= 11 is 0. The van der Waals surface area contributed by atoms with Crippen LogP contribution in [0.25, 0.3) is 0 Å². The van der Waals surface area contributed by atoms with E-state index in [-0.39, 0.29) is 17.9 Å². The van der Waals surface area contributed by atoms with Gasteiger partial charge in [-0.1, -0.05) is 26.8 Å². The molecule has 0 amide bonds. The summed E-state index contributed by atoms with van der Waals surface area (Å²) in [5, 5.41) is 0. The van der Waals surface area contributed by atoms with E-state index in [2.05, 4.69) is 39.5 Å². The van der Waals surface area contributed by atoms with E-state index in [1.165, 1.54) is 0 Å². The van der Waals surface area contributed by atoms with Crippen molar-refractivity contribution in [2.45, 2.75) is 59.5 Å². The summed E-state index contributed by atoms with van der Waals surface area (Å²) in [6, 6.07) is 5.94. The van der Waals surface area contributed by atoms with Crippen molar-refractivity contribution in [2.75, 3.05) is 11.4 Å². The number of hydrogen-bond donors (Lipinski definition) is 1. The minimum Gasteiger partial charge on any atom is -0.366 e. The lowest BCUT2D eigenvalue weighted by Gasteiger charge is -2.31. The zero-order valence-electron chi connectivity index (χ0n) is 13.5. The second-order valence-electron chi connectivity index (χ2n) is 6.30. The highest BCUT2D eigenvalue weighted by atomic mass is 19.1. The van der Waals surface area contributed by atoms with Crippen molar-refractivity contribution >= 4 is 5.69 Å². The molecule has 0 fully saturated rings. The zero-order chi connectivity index (χ0) is 15.3. The summed E-state index contributed by atoms with van der Waals surface area (Å²) in [6.07, 6.45) is 1.65. The smallest absolute Gasteiger partial charge is 0.146 e. The number of nitrogens with two attached hydrogens (primary N) is 1. The van der Waals surface area contributed by atoms with Gasteiger partial charge in [0.25, 0.3) is 0 Å². The normalized spacial score (nSPS) is 13.1. The van der Waals surface area contributed by atoms with Gasteiger partial charge in [0.2, 0.25) is 0 Å². The van der Waals surface area contributed by atoms with Crippen LogP contribution in [0.1, 0.15) is 46.6 Å². The van der Waals surface area contributed by atoms with E-state index in [0.717, 1.165) is 24.9 Å². The Morgan fingerprint density at radius 1 is 1.20 bits per heavy atom. The SMILES string of the molecule is CCC(N)Cc1ccc(N(CC(C)C)C(C)C)c(F)c1. The first-order chi connectivity index (χ1) is 9.35. The van der Waals surface area contributed by atoms with Crippen LogP contribution < -0.4 is 10.6 Å². The van der Waals surface area contributed by atoms with E-state index in [1.807, 2.05) is 12.1 Å². The zero-order valence-corrected chi connectivity index (χ0v) is 13.5. The van der Waals surface area contributed by atoms with Crippen LogP contribution in [0, 0.1) is 11.7 Å². The van der Waals surface area contributed by atoms with Crippen LogP contribution in [0.2, 0.25) is 0 Å². The third kappa shape index (κ3) is 4.78. The number of benzene rings is 1. The fourth-order valence-electron chi connectivity index (χ4n) is 2.34. The van der Waals surface area contributed by atoms with Crippen LogP contribution in [0.5, 0.6) is 0 Å². The summed E-state index contributed by atoms with van der Waals surface area (Å²) in [6.45, 7) is 11.4. The topological polar surface area (TPSA) is 29.3 Å². The van der Waals surface area contributed by atoms with Crippen molar-refractivity contribution in [3.63, 3.8) is 0 Å². The Balaban J connectivity index is 2.95. The van der Waals surface area contributed by atoms with Gasteiger partial charge in [-0.25, -0.2) is 4.39 Å². The molecule has 0 bridgehead atoms. The molecule has 1 unspecified atom stereocenters. The molecule has 1 aromatic carbocycles. The molecule has 1 rings (SSSR count). The molecule has 3 heteroatoms. The number of halogens is 1. The maximum atomic E-state index is 14.4. The molecule has 0 aliphatic carbocycles. The van der Waals surface area contributed by atoms with Gasteiger partial charge in [-0.05, 0) is 50.3 Å². The first-order valence-corrected chi connectivity index (χ1v) is 7.65. The van der Waals surface area contributed by atoms with Crippen LogP contribution in [0.3, 0.4) is 0 Å². The summed E-state index contributed by atoms with van der Waals surface area (Å²) in [7, 11) is 0.